The Balaban J connectivity index is 1.62. The van der Waals surface area contributed by atoms with Crippen molar-refractivity contribution in [3.8, 4) is 6.07 Å². The molecule has 4 rings (SSSR count). The summed E-state index contributed by atoms with van der Waals surface area (Å²) in [7, 11) is 0. The van der Waals surface area contributed by atoms with Gasteiger partial charge in [-0.1, -0.05) is 0 Å². The Morgan fingerprint density at radius 3 is 2.72 bits per heavy atom. The van der Waals surface area contributed by atoms with E-state index in [0.29, 0.717) is 18.9 Å². The van der Waals surface area contributed by atoms with Gasteiger partial charge in [0.2, 0.25) is 0 Å². The molecule has 25 heavy (non-hydrogen) atoms. The van der Waals surface area contributed by atoms with Crippen LogP contribution in [0.5, 0.6) is 0 Å². The molecular formula is C18H16FN5O. The predicted molar refractivity (Wildman–Crippen MR) is 88.3 cm³/mol. The average Bonchev–Trinajstić information content (AvgIpc) is 2.96. The minimum atomic E-state index is -0.679. The van der Waals surface area contributed by atoms with E-state index in [1.165, 1.54) is 12.1 Å². The van der Waals surface area contributed by atoms with Gasteiger partial charge >= 0.3 is 0 Å². The van der Waals surface area contributed by atoms with Crippen LogP contribution in [0.3, 0.4) is 0 Å². The van der Waals surface area contributed by atoms with Crippen LogP contribution >= 0.6 is 0 Å². The smallest absolute Gasteiger partial charge is 0.254 e. The summed E-state index contributed by atoms with van der Waals surface area (Å²) in [4.78, 5) is 25.6. The number of aryl methyl sites for hydroxylation is 1. The molecule has 3 heterocycles. The summed E-state index contributed by atoms with van der Waals surface area (Å²) in [5, 5.41) is 8.81. The largest absolute Gasteiger partial charge is 0.356 e. The molecule has 0 saturated carbocycles. The van der Waals surface area contributed by atoms with E-state index in [2.05, 4.69) is 14.9 Å². The quantitative estimate of drug-likeness (QED) is 0.840. The molecule has 2 aliphatic heterocycles. The second-order valence-electron chi connectivity index (χ2n) is 6.33. The van der Waals surface area contributed by atoms with Crippen molar-refractivity contribution in [2.75, 3.05) is 18.0 Å². The fraction of sp³-hybridized carbons (Fsp3) is 0.333. The van der Waals surface area contributed by atoms with Gasteiger partial charge < -0.3 is 9.80 Å². The molecule has 1 amide bonds. The molecule has 2 aliphatic rings. The molecule has 0 radical (unpaired) electrons. The number of anilines is 1. The molecule has 0 unspecified atom stereocenters. The van der Waals surface area contributed by atoms with Crippen molar-refractivity contribution < 1.29 is 9.18 Å². The summed E-state index contributed by atoms with van der Waals surface area (Å²) in [6, 6.07) is 5.70. The number of nitriles is 1. The van der Waals surface area contributed by atoms with Crippen LogP contribution < -0.4 is 4.90 Å². The molecule has 0 aliphatic carbocycles. The predicted octanol–water partition coefficient (Wildman–Crippen LogP) is 2.16. The molecule has 1 aromatic heterocycles. The molecule has 0 spiro atoms. The maximum atomic E-state index is 13.8. The van der Waals surface area contributed by atoms with E-state index >= 15 is 0 Å². The lowest BCUT2D eigenvalue weighted by molar-refractivity contribution is 0.0750. The monoisotopic (exact) mass is 337 g/mol. The number of nitrogens with zero attached hydrogens (tertiary/aromatic N) is 5. The molecule has 1 saturated heterocycles. The van der Waals surface area contributed by atoms with E-state index in [1.54, 1.807) is 11.0 Å². The first-order valence-electron chi connectivity index (χ1n) is 8.17. The third-order valence-corrected chi connectivity index (χ3v) is 4.65. The van der Waals surface area contributed by atoms with Crippen molar-refractivity contribution in [3.63, 3.8) is 0 Å². The van der Waals surface area contributed by atoms with Gasteiger partial charge in [-0.2, -0.15) is 5.26 Å². The van der Waals surface area contributed by atoms with Crippen LogP contribution in [0.2, 0.25) is 0 Å². The SMILES string of the molecule is Cc1nc2c(c(N3CCC3)n1)CN(C(=O)c1ccc(C#N)c(F)c1)C2. The summed E-state index contributed by atoms with van der Waals surface area (Å²) in [6.45, 7) is 4.60. The van der Waals surface area contributed by atoms with Crippen molar-refractivity contribution in [1.82, 2.24) is 14.9 Å². The van der Waals surface area contributed by atoms with Gasteiger partial charge in [-0.05, 0) is 31.5 Å². The Bertz CT molecular complexity index is 916. The Morgan fingerprint density at radius 1 is 1.28 bits per heavy atom. The topological polar surface area (TPSA) is 73.1 Å². The molecule has 7 heteroatoms. The third-order valence-electron chi connectivity index (χ3n) is 4.65. The fourth-order valence-corrected chi connectivity index (χ4v) is 3.21. The summed E-state index contributed by atoms with van der Waals surface area (Å²) in [5.74, 6) is 0.657. The molecule has 0 bridgehead atoms. The zero-order chi connectivity index (χ0) is 17.6. The molecule has 0 atom stereocenters. The first-order valence-corrected chi connectivity index (χ1v) is 8.17. The molecule has 126 valence electrons. The number of rotatable bonds is 2. The van der Waals surface area contributed by atoms with E-state index in [9.17, 15) is 9.18 Å². The number of amides is 1. The number of benzene rings is 1. The summed E-state index contributed by atoms with van der Waals surface area (Å²) in [6.07, 6.45) is 1.14. The first-order chi connectivity index (χ1) is 12.1. The highest BCUT2D eigenvalue weighted by atomic mass is 19.1. The molecule has 0 N–H and O–H groups in total. The zero-order valence-corrected chi connectivity index (χ0v) is 13.8. The van der Waals surface area contributed by atoms with Crippen LogP contribution in [0.1, 0.15) is 39.4 Å². The second kappa shape index (κ2) is 5.81. The highest BCUT2D eigenvalue weighted by molar-refractivity contribution is 5.94. The lowest BCUT2D eigenvalue weighted by Gasteiger charge is -2.33. The standard InChI is InChI=1S/C18H16FN5O/c1-11-21-16-10-24(9-14(16)17(22-11)23-5-2-6-23)18(25)12-3-4-13(8-20)15(19)7-12/h3-4,7H,2,5-6,9-10H2,1H3. The number of carbonyl (C=O) groups excluding carboxylic acids is 1. The van der Waals surface area contributed by atoms with Crippen LogP contribution in [0, 0.1) is 24.1 Å². The Morgan fingerprint density at radius 2 is 2.08 bits per heavy atom. The molecule has 2 aromatic rings. The van der Waals surface area contributed by atoms with Crippen molar-refractivity contribution in [2.45, 2.75) is 26.4 Å². The van der Waals surface area contributed by atoms with E-state index in [4.69, 9.17) is 5.26 Å². The van der Waals surface area contributed by atoms with Crippen molar-refractivity contribution >= 4 is 11.7 Å². The van der Waals surface area contributed by atoms with Crippen LogP contribution in [0.25, 0.3) is 0 Å². The average molecular weight is 337 g/mol. The van der Waals surface area contributed by atoms with Gasteiger partial charge in [0, 0.05) is 24.2 Å². The van der Waals surface area contributed by atoms with Crippen LogP contribution in [-0.4, -0.2) is 33.9 Å². The molecule has 6 nitrogen and oxygen atoms in total. The zero-order valence-electron chi connectivity index (χ0n) is 13.8. The summed E-state index contributed by atoms with van der Waals surface area (Å²) in [5.41, 5.74) is 2.01. The Hall–Kier alpha value is -3.01. The van der Waals surface area contributed by atoms with Crippen LogP contribution in [0.15, 0.2) is 18.2 Å². The van der Waals surface area contributed by atoms with E-state index in [1.807, 2.05) is 6.92 Å². The van der Waals surface area contributed by atoms with E-state index < -0.39 is 5.82 Å². The number of halogens is 1. The van der Waals surface area contributed by atoms with Gasteiger partial charge in [0.25, 0.3) is 5.91 Å². The van der Waals surface area contributed by atoms with Crippen LogP contribution in [-0.2, 0) is 13.1 Å². The fourth-order valence-electron chi connectivity index (χ4n) is 3.21. The minimum Gasteiger partial charge on any atom is -0.356 e. The van der Waals surface area contributed by atoms with Gasteiger partial charge in [-0.3, -0.25) is 4.79 Å². The number of hydrogen-bond donors (Lipinski definition) is 0. The Labute approximate surface area is 144 Å². The molecular weight excluding hydrogens is 321 g/mol. The number of carbonyl (C=O) groups is 1. The maximum absolute atomic E-state index is 13.8. The van der Waals surface area contributed by atoms with Gasteiger partial charge in [-0.25, -0.2) is 14.4 Å². The first kappa shape index (κ1) is 15.5. The van der Waals surface area contributed by atoms with Crippen molar-refractivity contribution in [2.24, 2.45) is 0 Å². The molecule has 1 aromatic carbocycles. The van der Waals surface area contributed by atoms with E-state index in [0.717, 1.165) is 42.7 Å². The van der Waals surface area contributed by atoms with Crippen molar-refractivity contribution in [3.05, 3.63) is 52.2 Å². The van der Waals surface area contributed by atoms with Crippen molar-refractivity contribution in [1.29, 1.82) is 5.26 Å². The highest BCUT2D eigenvalue weighted by Gasteiger charge is 2.31. The lowest BCUT2D eigenvalue weighted by Crippen LogP contribution is -2.38. The maximum Gasteiger partial charge on any atom is 0.254 e. The van der Waals surface area contributed by atoms with Gasteiger partial charge in [-0.15, -0.1) is 0 Å². The number of hydrogen-bond acceptors (Lipinski definition) is 5. The third kappa shape index (κ3) is 2.60. The summed E-state index contributed by atoms with van der Waals surface area (Å²) < 4.78 is 13.8. The number of aromatic nitrogens is 2. The van der Waals surface area contributed by atoms with Gasteiger partial charge in [0.15, 0.2) is 0 Å². The van der Waals surface area contributed by atoms with Gasteiger partial charge in [0.1, 0.15) is 23.5 Å². The molecule has 1 fully saturated rings. The Kier molecular flexibility index (Phi) is 3.61. The van der Waals surface area contributed by atoms with Crippen LogP contribution in [0.4, 0.5) is 10.2 Å². The highest BCUT2D eigenvalue weighted by Crippen LogP contribution is 2.32. The van der Waals surface area contributed by atoms with E-state index in [-0.39, 0.29) is 17.0 Å². The normalized spacial score (nSPS) is 15.6. The summed E-state index contributed by atoms with van der Waals surface area (Å²) >= 11 is 0. The van der Waals surface area contributed by atoms with Gasteiger partial charge in [0.05, 0.1) is 24.3 Å². The number of fused-ring (bicyclic) bond motifs is 1. The lowest BCUT2D eigenvalue weighted by atomic mass is 10.1. The minimum absolute atomic E-state index is 0.0668. The second-order valence-corrected chi connectivity index (χ2v) is 6.33.